The van der Waals surface area contributed by atoms with E-state index in [1.54, 1.807) is 36.4 Å². The van der Waals surface area contributed by atoms with E-state index in [4.69, 9.17) is 0 Å². The van der Waals surface area contributed by atoms with Gasteiger partial charge in [0.2, 0.25) is 0 Å². The number of hydrogen-bond donors (Lipinski definition) is 0. The molecule has 0 N–H and O–H groups in total. The molecule has 9 heteroatoms. The summed E-state index contributed by atoms with van der Waals surface area (Å²) in [5.74, 6) is 0.276. The van der Waals surface area contributed by atoms with Crippen molar-refractivity contribution in [3.63, 3.8) is 0 Å². The van der Waals surface area contributed by atoms with Crippen LogP contribution in [0, 0.1) is 5.82 Å². The molecule has 1 aromatic heterocycles. The normalized spacial score (nSPS) is 11.7. The van der Waals surface area contributed by atoms with Crippen LogP contribution in [0.25, 0.3) is 5.69 Å². The molecule has 0 saturated heterocycles. The summed E-state index contributed by atoms with van der Waals surface area (Å²) in [7, 11) is -3.28. The maximum absolute atomic E-state index is 14.0. The molecule has 0 fully saturated rings. The molecule has 7 nitrogen and oxygen atoms in total. The SMILES string of the molecule is C=CCN(Cc1ccccc1F)Cc1nnnn1-c1ccc(S(C)(=O)=O)cc1. The van der Waals surface area contributed by atoms with Crippen LogP contribution in [0.4, 0.5) is 4.39 Å². The number of benzene rings is 2. The van der Waals surface area contributed by atoms with Crippen LogP contribution in [0.5, 0.6) is 0 Å². The third kappa shape index (κ3) is 4.68. The van der Waals surface area contributed by atoms with E-state index >= 15 is 0 Å². The second-order valence-corrected chi connectivity index (χ2v) is 8.34. The van der Waals surface area contributed by atoms with E-state index in [-0.39, 0.29) is 10.7 Å². The number of sulfone groups is 1. The summed E-state index contributed by atoms with van der Waals surface area (Å²) in [6.07, 6.45) is 2.89. The van der Waals surface area contributed by atoms with Gasteiger partial charge < -0.3 is 0 Å². The van der Waals surface area contributed by atoms with Crippen molar-refractivity contribution < 1.29 is 12.8 Å². The van der Waals surface area contributed by atoms with Gasteiger partial charge in [-0.15, -0.1) is 11.7 Å². The molecule has 0 amide bonds. The molecule has 0 aliphatic rings. The van der Waals surface area contributed by atoms with Crippen molar-refractivity contribution in [2.24, 2.45) is 0 Å². The van der Waals surface area contributed by atoms with E-state index in [0.717, 1.165) is 6.26 Å². The van der Waals surface area contributed by atoms with Crippen molar-refractivity contribution in [3.05, 3.63) is 78.4 Å². The lowest BCUT2D eigenvalue weighted by molar-refractivity contribution is 0.272. The van der Waals surface area contributed by atoms with Crippen LogP contribution in [0.3, 0.4) is 0 Å². The molecule has 1 heterocycles. The van der Waals surface area contributed by atoms with Crippen molar-refractivity contribution in [1.29, 1.82) is 0 Å². The quantitative estimate of drug-likeness (QED) is 0.539. The lowest BCUT2D eigenvalue weighted by Crippen LogP contribution is -2.25. The van der Waals surface area contributed by atoms with E-state index in [1.807, 2.05) is 4.90 Å². The Bertz CT molecular complexity index is 1060. The fourth-order valence-electron chi connectivity index (χ4n) is 2.77. The predicted molar refractivity (Wildman–Crippen MR) is 103 cm³/mol. The zero-order valence-electron chi connectivity index (χ0n) is 15.4. The second kappa shape index (κ2) is 8.41. The lowest BCUT2D eigenvalue weighted by Gasteiger charge is -2.20. The van der Waals surface area contributed by atoms with Gasteiger partial charge in [-0.25, -0.2) is 12.8 Å². The van der Waals surface area contributed by atoms with E-state index in [2.05, 4.69) is 22.1 Å². The number of rotatable bonds is 8. The number of tetrazole rings is 1. The van der Waals surface area contributed by atoms with Crippen molar-refractivity contribution in [3.8, 4) is 5.69 Å². The third-order valence-electron chi connectivity index (χ3n) is 4.15. The minimum atomic E-state index is -3.28. The largest absolute Gasteiger partial charge is 0.288 e. The standard InChI is InChI=1S/C19H20FN5O2S/c1-3-12-24(13-15-6-4-5-7-18(15)20)14-19-21-22-23-25(19)16-8-10-17(11-9-16)28(2,26)27/h3-11H,1,12-14H2,2H3. The summed E-state index contributed by atoms with van der Waals surface area (Å²) >= 11 is 0. The number of nitrogens with zero attached hydrogens (tertiary/aromatic N) is 5. The van der Waals surface area contributed by atoms with Gasteiger partial charge in [-0.1, -0.05) is 24.3 Å². The second-order valence-electron chi connectivity index (χ2n) is 6.32. The minimum Gasteiger partial charge on any atom is -0.288 e. The van der Waals surface area contributed by atoms with Gasteiger partial charge in [0, 0.05) is 24.9 Å². The molecule has 28 heavy (non-hydrogen) atoms. The van der Waals surface area contributed by atoms with Crippen LogP contribution in [-0.2, 0) is 22.9 Å². The first kappa shape index (κ1) is 19.8. The zero-order valence-corrected chi connectivity index (χ0v) is 16.2. The Morgan fingerprint density at radius 3 is 2.50 bits per heavy atom. The number of hydrogen-bond acceptors (Lipinski definition) is 6. The predicted octanol–water partition coefficient (Wildman–Crippen LogP) is 2.39. The van der Waals surface area contributed by atoms with Gasteiger partial charge in [-0.05, 0) is 40.8 Å². The molecule has 3 aromatic rings. The molecule has 0 saturated carbocycles. The van der Waals surface area contributed by atoms with Crippen molar-refractivity contribution in [1.82, 2.24) is 25.1 Å². The van der Waals surface area contributed by atoms with Gasteiger partial charge in [0.05, 0.1) is 17.1 Å². The topological polar surface area (TPSA) is 81.0 Å². The molecule has 3 rings (SSSR count). The first-order valence-electron chi connectivity index (χ1n) is 8.53. The third-order valence-corrected chi connectivity index (χ3v) is 5.28. The molecule has 0 spiro atoms. The summed E-state index contributed by atoms with van der Waals surface area (Å²) in [5.41, 5.74) is 1.21. The maximum Gasteiger partial charge on any atom is 0.175 e. The molecule has 0 bridgehead atoms. The summed E-state index contributed by atoms with van der Waals surface area (Å²) in [5, 5.41) is 11.8. The molecular weight excluding hydrogens is 381 g/mol. The van der Waals surface area contributed by atoms with E-state index in [1.165, 1.54) is 22.9 Å². The molecule has 0 atom stereocenters. The van der Waals surface area contributed by atoms with Gasteiger partial charge in [0.15, 0.2) is 15.7 Å². The first-order valence-corrected chi connectivity index (χ1v) is 10.4. The Morgan fingerprint density at radius 1 is 1.14 bits per heavy atom. The maximum atomic E-state index is 14.0. The van der Waals surface area contributed by atoms with Crippen molar-refractivity contribution in [2.45, 2.75) is 18.0 Å². The van der Waals surface area contributed by atoms with Crippen LogP contribution >= 0.6 is 0 Å². The fourth-order valence-corrected chi connectivity index (χ4v) is 3.40. The smallest absolute Gasteiger partial charge is 0.175 e. The highest BCUT2D eigenvalue weighted by Gasteiger charge is 2.15. The molecule has 146 valence electrons. The Balaban J connectivity index is 1.83. The number of aromatic nitrogens is 4. The van der Waals surface area contributed by atoms with Gasteiger partial charge in [0.25, 0.3) is 0 Å². The average Bonchev–Trinajstić information content (AvgIpc) is 3.11. The van der Waals surface area contributed by atoms with Crippen LogP contribution in [0.1, 0.15) is 11.4 Å². The molecule has 0 radical (unpaired) electrons. The summed E-state index contributed by atoms with van der Waals surface area (Å²) in [6.45, 7) is 5.01. The van der Waals surface area contributed by atoms with E-state index < -0.39 is 9.84 Å². The lowest BCUT2D eigenvalue weighted by atomic mass is 10.2. The molecule has 2 aromatic carbocycles. The molecule has 0 aliphatic heterocycles. The highest BCUT2D eigenvalue weighted by molar-refractivity contribution is 7.90. The first-order chi connectivity index (χ1) is 13.4. The van der Waals surface area contributed by atoms with Crippen LogP contribution in [0.15, 0.2) is 66.1 Å². The highest BCUT2D eigenvalue weighted by atomic mass is 32.2. The number of halogens is 1. The van der Waals surface area contributed by atoms with Crippen LogP contribution in [0.2, 0.25) is 0 Å². The summed E-state index contributed by atoms with van der Waals surface area (Å²) < 4.78 is 38.8. The van der Waals surface area contributed by atoms with Gasteiger partial charge >= 0.3 is 0 Å². The Morgan fingerprint density at radius 2 is 1.86 bits per heavy atom. The molecule has 0 unspecified atom stereocenters. The summed E-state index contributed by atoms with van der Waals surface area (Å²) in [4.78, 5) is 2.18. The summed E-state index contributed by atoms with van der Waals surface area (Å²) in [6, 6.07) is 12.9. The van der Waals surface area contributed by atoms with Crippen LogP contribution in [-0.4, -0.2) is 46.3 Å². The molecule has 0 aliphatic carbocycles. The van der Waals surface area contributed by atoms with Gasteiger partial charge in [-0.3, -0.25) is 4.90 Å². The Hall–Kier alpha value is -2.91. The highest BCUT2D eigenvalue weighted by Crippen LogP contribution is 2.16. The van der Waals surface area contributed by atoms with E-state index in [0.29, 0.717) is 36.7 Å². The average molecular weight is 401 g/mol. The minimum absolute atomic E-state index is 0.221. The Kier molecular flexibility index (Phi) is 5.96. The fraction of sp³-hybridized carbons (Fsp3) is 0.211. The zero-order chi connectivity index (χ0) is 20.1. The van der Waals surface area contributed by atoms with Crippen LogP contribution < -0.4 is 0 Å². The van der Waals surface area contributed by atoms with Crippen molar-refractivity contribution >= 4 is 9.84 Å². The van der Waals surface area contributed by atoms with Gasteiger partial charge in [0.1, 0.15) is 5.82 Å². The van der Waals surface area contributed by atoms with Gasteiger partial charge in [-0.2, -0.15) is 4.68 Å². The monoisotopic (exact) mass is 401 g/mol. The molecular formula is C19H20FN5O2S. The van der Waals surface area contributed by atoms with Crippen molar-refractivity contribution in [2.75, 3.05) is 12.8 Å². The van der Waals surface area contributed by atoms with E-state index in [9.17, 15) is 12.8 Å². The Labute approximate surface area is 163 Å².